The van der Waals surface area contributed by atoms with Crippen molar-refractivity contribution in [3.05, 3.63) is 23.3 Å². The second-order valence-electron chi connectivity index (χ2n) is 5.16. The Kier molecular flexibility index (Phi) is 9.35. The van der Waals surface area contributed by atoms with Crippen LogP contribution in [0.25, 0.3) is 0 Å². The average molecular weight is 251 g/mol. The minimum absolute atomic E-state index is 0.344. The molecule has 0 aliphatic carbocycles. The molecule has 0 aromatic rings. The van der Waals surface area contributed by atoms with Crippen molar-refractivity contribution in [1.29, 1.82) is 0 Å². The molecule has 0 aromatic heterocycles. The summed E-state index contributed by atoms with van der Waals surface area (Å²) in [5.74, 6) is -1.29. The molecule has 18 heavy (non-hydrogen) atoms. The fourth-order valence-corrected chi connectivity index (χ4v) is 1.90. The molecule has 0 radical (unpaired) electrons. The summed E-state index contributed by atoms with van der Waals surface area (Å²) < 4.78 is 0. The molecule has 0 saturated carbocycles. The molecule has 0 rings (SSSR count). The van der Waals surface area contributed by atoms with Crippen LogP contribution in [0.2, 0.25) is 0 Å². The van der Waals surface area contributed by atoms with E-state index in [1.807, 2.05) is 0 Å². The normalized spacial score (nSPS) is 14.7. The Morgan fingerprint density at radius 2 is 1.72 bits per heavy atom. The lowest BCUT2D eigenvalue weighted by Crippen LogP contribution is -2.29. The predicted molar refractivity (Wildman–Crippen MR) is 75.1 cm³/mol. The highest BCUT2D eigenvalue weighted by Gasteiger charge is 2.00. The summed E-state index contributed by atoms with van der Waals surface area (Å²) in [4.78, 5) is 10.5. The van der Waals surface area contributed by atoms with E-state index >= 15 is 0 Å². The molecule has 0 bridgehead atoms. The smallest absolute Gasteiger partial charge is 0.0442 e. The monoisotopic (exact) mass is 251 g/mol. The zero-order chi connectivity index (χ0) is 14.0. The number of allylic oxidation sites excluding steroid dienone is 4. The van der Waals surface area contributed by atoms with Crippen molar-refractivity contribution in [2.45, 2.75) is 66.2 Å². The summed E-state index contributed by atoms with van der Waals surface area (Å²) >= 11 is 0. The Hall–Kier alpha value is -1.05. The Labute approximate surface area is 112 Å². The lowest BCUT2D eigenvalue weighted by atomic mass is 10.0. The average Bonchev–Trinajstić information content (AvgIpc) is 2.29. The summed E-state index contributed by atoms with van der Waals surface area (Å²) in [7, 11) is 0. The minimum atomic E-state index is -0.943. The van der Waals surface area contributed by atoms with Crippen molar-refractivity contribution in [1.82, 2.24) is 0 Å². The van der Waals surface area contributed by atoms with E-state index in [2.05, 4.69) is 32.9 Å². The predicted octanol–water partition coefficient (Wildman–Crippen LogP) is 3.63. The van der Waals surface area contributed by atoms with Crippen LogP contribution in [0.5, 0.6) is 0 Å². The number of aliphatic carboxylic acids is 1. The highest BCUT2D eigenvalue weighted by Crippen LogP contribution is 2.14. The van der Waals surface area contributed by atoms with Crippen LogP contribution >= 0.6 is 0 Å². The van der Waals surface area contributed by atoms with Crippen molar-refractivity contribution in [3.8, 4) is 0 Å². The minimum Gasteiger partial charge on any atom is -0.550 e. The first-order valence-electron chi connectivity index (χ1n) is 6.99. The van der Waals surface area contributed by atoms with Gasteiger partial charge in [-0.1, -0.05) is 37.1 Å². The van der Waals surface area contributed by atoms with Gasteiger partial charge in [-0.3, -0.25) is 0 Å². The molecule has 0 N–H and O–H groups in total. The highest BCUT2D eigenvalue weighted by molar-refractivity contribution is 5.66. The maximum absolute atomic E-state index is 10.5. The number of carbonyl (C=O) groups is 1. The van der Waals surface area contributed by atoms with Crippen LogP contribution in [0.1, 0.15) is 66.2 Å². The van der Waals surface area contributed by atoms with Gasteiger partial charge < -0.3 is 9.90 Å². The van der Waals surface area contributed by atoms with Crippen molar-refractivity contribution in [2.75, 3.05) is 0 Å². The molecular formula is C16H27O2-. The Bertz CT molecular complexity index is 300. The summed E-state index contributed by atoms with van der Waals surface area (Å²) in [6.45, 7) is 8.18. The second-order valence-corrected chi connectivity index (χ2v) is 5.16. The summed E-state index contributed by atoms with van der Waals surface area (Å²) in [6, 6.07) is 0. The molecule has 1 unspecified atom stereocenters. The van der Waals surface area contributed by atoms with Gasteiger partial charge in [0.1, 0.15) is 0 Å². The van der Waals surface area contributed by atoms with Gasteiger partial charge in [-0.15, -0.1) is 0 Å². The van der Waals surface area contributed by atoms with E-state index in [9.17, 15) is 9.90 Å². The molecule has 0 aliphatic heterocycles. The standard InChI is InChI=1S/C16H28O2/c1-5-8-13(2)9-6-10-14(3)11-7-12-15(4)16(17)18/h8,11,15H,5-7,9-10,12H2,1-4H3,(H,17,18)/p-1/b13-8+,14-11+. The summed E-state index contributed by atoms with van der Waals surface area (Å²) in [5.41, 5.74) is 2.83. The lowest BCUT2D eigenvalue weighted by Gasteiger charge is -2.10. The van der Waals surface area contributed by atoms with Crippen LogP contribution in [0.3, 0.4) is 0 Å². The van der Waals surface area contributed by atoms with E-state index in [0.717, 1.165) is 25.7 Å². The highest BCUT2D eigenvalue weighted by atomic mass is 16.4. The van der Waals surface area contributed by atoms with Crippen LogP contribution in [0.4, 0.5) is 0 Å². The fourth-order valence-electron chi connectivity index (χ4n) is 1.90. The molecule has 0 aromatic carbocycles. The lowest BCUT2D eigenvalue weighted by molar-refractivity contribution is -0.311. The van der Waals surface area contributed by atoms with Crippen LogP contribution in [0, 0.1) is 5.92 Å². The quantitative estimate of drug-likeness (QED) is 0.587. The third-order valence-corrected chi connectivity index (χ3v) is 3.19. The number of rotatable bonds is 9. The molecule has 1 atom stereocenters. The molecule has 0 fully saturated rings. The molecule has 0 amide bonds. The molecule has 104 valence electrons. The first kappa shape index (κ1) is 16.9. The number of hydrogen-bond donors (Lipinski definition) is 0. The van der Waals surface area contributed by atoms with Gasteiger partial charge in [0, 0.05) is 5.97 Å². The molecule has 2 nitrogen and oxygen atoms in total. The van der Waals surface area contributed by atoms with Crippen molar-refractivity contribution in [2.24, 2.45) is 5.92 Å². The van der Waals surface area contributed by atoms with E-state index in [0.29, 0.717) is 6.42 Å². The zero-order valence-electron chi connectivity index (χ0n) is 12.3. The van der Waals surface area contributed by atoms with Gasteiger partial charge in [-0.25, -0.2) is 0 Å². The van der Waals surface area contributed by atoms with Gasteiger partial charge in [0.15, 0.2) is 0 Å². The zero-order valence-corrected chi connectivity index (χ0v) is 12.3. The van der Waals surface area contributed by atoms with Gasteiger partial charge >= 0.3 is 0 Å². The van der Waals surface area contributed by atoms with Gasteiger partial charge in [0.25, 0.3) is 0 Å². The molecule has 0 aliphatic rings. The second kappa shape index (κ2) is 9.93. The third kappa shape index (κ3) is 9.03. The van der Waals surface area contributed by atoms with Gasteiger partial charge in [-0.2, -0.15) is 0 Å². The first-order valence-corrected chi connectivity index (χ1v) is 6.99. The van der Waals surface area contributed by atoms with E-state index < -0.39 is 5.97 Å². The van der Waals surface area contributed by atoms with E-state index in [-0.39, 0.29) is 5.92 Å². The third-order valence-electron chi connectivity index (χ3n) is 3.19. The Balaban J connectivity index is 3.78. The van der Waals surface area contributed by atoms with E-state index in [4.69, 9.17) is 0 Å². The van der Waals surface area contributed by atoms with Crippen molar-refractivity contribution < 1.29 is 9.90 Å². The molecule has 0 saturated heterocycles. The van der Waals surface area contributed by atoms with Gasteiger partial charge in [0.2, 0.25) is 0 Å². The fraction of sp³-hybridized carbons (Fsp3) is 0.688. The maximum Gasteiger partial charge on any atom is 0.0442 e. The van der Waals surface area contributed by atoms with E-state index in [1.165, 1.54) is 17.6 Å². The number of carboxylic acids is 1. The van der Waals surface area contributed by atoms with Gasteiger partial charge in [-0.05, 0) is 58.3 Å². The topological polar surface area (TPSA) is 40.1 Å². The number of hydrogen-bond acceptors (Lipinski definition) is 2. The molecular weight excluding hydrogens is 224 g/mol. The van der Waals surface area contributed by atoms with Crippen LogP contribution < -0.4 is 5.11 Å². The number of carboxylic acid groups (broad SMARTS) is 1. The van der Waals surface area contributed by atoms with Crippen molar-refractivity contribution >= 4 is 5.97 Å². The Morgan fingerprint density at radius 1 is 1.17 bits per heavy atom. The maximum atomic E-state index is 10.5. The molecule has 2 heteroatoms. The van der Waals surface area contributed by atoms with Crippen LogP contribution in [-0.4, -0.2) is 5.97 Å². The van der Waals surface area contributed by atoms with E-state index in [1.54, 1.807) is 6.92 Å². The Morgan fingerprint density at radius 3 is 2.22 bits per heavy atom. The molecule has 0 spiro atoms. The SMILES string of the molecule is CC/C=C(\C)CCC/C(C)=C/CCC(C)C(=O)[O-]. The largest absolute Gasteiger partial charge is 0.550 e. The summed E-state index contributed by atoms with van der Waals surface area (Å²) in [5, 5.41) is 10.5. The number of carbonyl (C=O) groups excluding carboxylic acids is 1. The summed E-state index contributed by atoms with van der Waals surface area (Å²) in [6.07, 6.45) is 10.5. The van der Waals surface area contributed by atoms with Crippen LogP contribution in [0.15, 0.2) is 23.3 Å². The van der Waals surface area contributed by atoms with Crippen LogP contribution in [-0.2, 0) is 4.79 Å². The van der Waals surface area contributed by atoms with Crippen molar-refractivity contribution in [3.63, 3.8) is 0 Å². The van der Waals surface area contributed by atoms with Gasteiger partial charge in [0.05, 0.1) is 0 Å². The molecule has 0 heterocycles. The first-order chi connectivity index (χ1) is 8.47.